The van der Waals surface area contributed by atoms with Gasteiger partial charge in [0.15, 0.2) is 11.5 Å². The molecule has 4 nitrogen and oxygen atoms in total. The van der Waals surface area contributed by atoms with E-state index in [1.165, 1.54) is 12.8 Å². The average Bonchev–Trinajstić information content (AvgIpc) is 2.94. The van der Waals surface area contributed by atoms with Crippen molar-refractivity contribution in [3.8, 4) is 11.5 Å². The Morgan fingerprint density at radius 1 is 1.30 bits per heavy atom. The van der Waals surface area contributed by atoms with E-state index in [0.29, 0.717) is 18.0 Å². The Labute approximate surface area is 121 Å². The number of ether oxygens (including phenoxy) is 2. The Balaban J connectivity index is 2.00. The smallest absolute Gasteiger partial charge is 0.161 e. The van der Waals surface area contributed by atoms with Crippen molar-refractivity contribution in [1.82, 2.24) is 4.90 Å². The molecule has 1 N–H and O–H groups in total. The van der Waals surface area contributed by atoms with Gasteiger partial charge in [-0.2, -0.15) is 0 Å². The molecule has 0 amide bonds. The Hall–Kier alpha value is -1.26. The summed E-state index contributed by atoms with van der Waals surface area (Å²) in [7, 11) is 3.23. The predicted octanol–water partition coefficient (Wildman–Crippen LogP) is 2.47. The molecule has 20 heavy (non-hydrogen) atoms. The number of β-amino-alcohol motifs (C(OH)–C–C–N with tert-alkyl or cyclic N) is 1. The summed E-state index contributed by atoms with van der Waals surface area (Å²) in [6, 6.07) is 5.60. The third kappa shape index (κ3) is 3.44. The number of aliphatic hydroxyl groups is 1. The molecule has 2 rings (SSSR count). The first kappa shape index (κ1) is 15.1. The van der Waals surface area contributed by atoms with E-state index >= 15 is 0 Å². The molecular weight excluding hydrogens is 254 g/mol. The van der Waals surface area contributed by atoms with Crippen molar-refractivity contribution in [1.29, 1.82) is 0 Å². The summed E-state index contributed by atoms with van der Waals surface area (Å²) in [5.41, 5.74) is 0.877. The molecule has 2 atom stereocenters. The van der Waals surface area contributed by atoms with Crippen molar-refractivity contribution < 1.29 is 14.6 Å². The number of hydrogen-bond acceptors (Lipinski definition) is 4. The second kappa shape index (κ2) is 6.95. The van der Waals surface area contributed by atoms with E-state index in [4.69, 9.17) is 9.47 Å². The van der Waals surface area contributed by atoms with Crippen LogP contribution in [0, 0.1) is 5.92 Å². The van der Waals surface area contributed by atoms with Gasteiger partial charge < -0.3 is 19.5 Å². The van der Waals surface area contributed by atoms with Gasteiger partial charge in [0.1, 0.15) is 0 Å². The van der Waals surface area contributed by atoms with E-state index in [2.05, 4.69) is 11.8 Å². The zero-order valence-corrected chi connectivity index (χ0v) is 12.6. The van der Waals surface area contributed by atoms with Gasteiger partial charge >= 0.3 is 0 Å². The van der Waals surface area contributed by atoms with E-state index in [1.54, 1.807) is 14.2 Å². The van der Waals surface area contributed by atoms with Crippen molar-refractivity contribution in [2.75, 3.05) is 33.9 Å². The Kier molecular flexibility index (Phi) is 5.26. The van der Waals surface area contributed by atoms with Gasteiger partial charge in [0.2, 0.25) is 0 Å². The lowest BCUT2D eigenvalue weighted by atomic mass is 10.1. The fourth-order valence-electron chi connectivity index (χ4n) is 2.82. The maximum atomic E-state index is 10.4. The largest absolute Gasteiger partial charge is 0.493 e. The van der Waals surface area contributed by atoms with Crippen LogP contribution in [-0.4, -0.2) is 43.9 Å². The molecule has 2 unspecified atom stereocenters. The third-order valence-corrected chi connectivity index (χ3v) is 4.17. The van der Waals surface area contributed by atoms with Gasteiger partial charge in [-0.3, -0.25) is 0 Å². The highest BCUT2D eigenvalue weighted by Gasteiger charge is 2.23. The molecule has 0 saturated carbocycles. The number of hydrogen-bond donors (Lipinski definition) is 1. The number of rotatable bonds is 6. The van der Waals surface area contributed by atoms with Gasteiger partial charge in [0, 0.05) is 13.1 Å². The second-order valence-electron chi connectivity index (χ2n) is 5.45. The average molecular weight is 279 g/mol. The number of methoxy groups -OCH3 is 2. The molecular formula is C16H25NO3. The van der Waals surface area contributed by atoms with E-state index < -0.39 is 6.10 Å². The summed E-state index contributed by atoms with van der Waals surface area (Å²) in [4.78, 5) is 2.34. The van der Waals surface area contributed by atoms with Crippen molar-refractivity contribution >= 4 is 0 Å². The van der Waals surface area contributed by atoms with Crippen LogP contribution in [-0.2, 0) is 0 Å². The molecule has 1 fully saturated rings. The topological polar surface area (TPSA) is 41.9 Å². The second-order valence-corrected chi connectivity index (χ2v) is 5.45. The molecule has 0 aromatic heterocycles. The zero-order valence-electron chi connectivity index (χ0n) is 12.6. The highest BCUT2D eigenvalue weighted by molar-refractivity contribution is 5.43. The number of benzene rings is 1. The predicted molar refractivity (Wildman–Crippen MR) is 79.3 cm³/mol. The lowest BCUT2D eigenvalue weighted by molar-refractivity contribution is 0.124. The van der Waals surface area contributed by atoms with Crippen molar-refractivity contribution in [3.05, 3.63) is 23.8 Å². The van der Waals surface area contributed by atoms with E-state index in [1.807, 2.05) is 18.2 Å². The molecule has 1 saturated heterocycles. The van der Waals surface area contributed by atoms with Gasteiger partial charge in [-0.25, -0.2) is 0 Å². The number of aliphatic hydroxyl groups excluding tert-OH is 1. The molecule has 1 aromatic carbocycles. The maximum Gasteiger partial charge on any atom is 0.161 e. The lowest BCUT2D eigenvalue weighted by Gasteiger charge is -2.21. The summed E-state index contributed by atoms with van der Waals surface area (Å²) >= 11 is 0. The monoisotopic (exact) mass is 279 g/mol. The van der Waals surface area contributed by atoms with Crippen LogP contribution >= 0.6 is 0 Å². The van der Waals surface area contributed by atoms with E-state index in [9.17, 15) is 5.11 Å². The van der Waals surface area contributed by atoms with Crippen LogP contribution in [0.15, 0.2) is 18.2 Å². The van der Waals surface area contributed by atoms with Crippen LogP contribution in [0.4, 0.5) is 0 Å². The minimum Gasteiger partial charge on any atom is -0.493 e. The van der Waals surface area contributed by atoms with Gasteiger partial charge in [0.25, 0.3) is 0 Å². The van der Waals surface area contributed by atoms with Gasteiger partial charge in [0.05, 0.1) is 20.3 Å². The molecule has 0 radical (unpaired) electrons. The molecule has 0 spiro atoms. The van der Waals surface area contributed by atoms with Crippen LogP contribution in [0.5, 0.6) is 11.5 Å². The fourth-order valence-corrected chi connectivity index (χ4v) is 2.82. The zero-order chi connectivity index (χ0) is 14.5. The maximum absolute atomic E-state index is 10.4. The molecule has 1 aliphatic rings. The van der Waals surface area contributed by atoms with Crippen molar-refractivity contribution in [3.63, 3.8) is 0 Å². The van der Waals surface area contributed by atoms with Crippen molar-refractivity contribution in [2.45, 2.75) is 25.9 Å². The normalized spacial score (nSPS) is 20.9. The lowest BCUT2D eigenvalue weighted by Crippen LogP contribution is -2.26. The summed E-state index contributed by atoms with van der Waals surface area (Å²) in [6.07, 6.45) is 1.99. The molecule has 1 heterocycles. The van der Waals surface area contributed by atoms with Gasteiger partial charge in [-0.1, -0.05) is 19.4 Å². The van der Waals surface area contributed by atoms with E-state index in [0.717, 1.165) is 24.6 Å². The quantitative estimate of drug-likeness (QED) is 0.868. The standard InChI is InChI=1S/C16H25NO3/c1-4-12-7-8-17(10-12)11-14(18)13-5-6-15(19-2)16(9-13)20-3/h5-6,9,12,14,18H,4,7-8,10-11H2,1-3H3. The fraction of sp³-hybridized carbons (Fsp3) is 0.625. The van der Waals surface area contributed by atoms with Crippen molar-refractivity contribution in [2.24, 2.45) is 5.92 Å². The van der Waals surface area contributed by atoms with Crippen LogP contribution in [0.25, 0.3) is 0 Å². The van der Waals surface area contributed by atoms with Crippen LogP contribution in [0.3, 0.4) is 0 Å². The summed E-state index contributed by atoms with van der Waals surface area (Å²) in [6.45, 7) is 5.11. The summed E-state index contributed by atoms with van der Waals surface area (Å²) in [5.74, 6) is 2.14. The Morgan fingerprint density at radius 3 is 2.65 bits per heavy atom. The number of likely N-dealkylation sites (tertiary alicyclic amines) is 1. The molecule has 1 aromatic rings. The first-order valence-corrected chi connectivity index (χ1v) is 7.30. The third-order valence-electron chi connectivity index (χ3n) is 4.17. The van der Waals surface area contributed by atoms with E-state index in [-0.39, 0.29) is 0 Å². The highest BCUT2D eigenvalue weighted by Crippen LogP contribution is 2.31. The SMILES string of the molecule is CCC1CCN(CC(O)c2ccc(OC)c(OC)c2)C1. The molecule has 0 aliphatic carbocycles. The minimum atomic E-state index is -0.481. The first-order chi connectivity index (χ1) is 9.67. The minimum absolute atomic E-state index is 0.481. The van der Waals surface area contributed by atoms with Gasteiger partial charge in [-0.05, 0) is 36.6 Å². The molecule has 112 valence electrons. The van der Waals surface area contributed by atoms with Gasteiger partial charge in [-0.15, -0.1) is 0 Å². The highest BCUT2D eigenvalue weighted by atomic mass is 16.5. The molecule has 1 aliphatic heterocycles. The summed E-state index contributed by atoms with van der Waals surface area (Å²) in [5, 5.41) is 10.4. The molecule has 4 heteroatoms. The number of nitrogens with zero attached hydrogens (tertiary/aromatic N) is 1. The summed E-state index contributed by atoms with van der Waals surface area (Å²) < 4.78 is 10.5. The first-order valence-electron chi connectivity index (χ1n) is 7.30. The molecule has 0 bridgehead atoms. The Bertz CT molecular complexity index is 436. The van der Waals surface area contributed by atoms with Crippen LogP contribution in [0.1, 0.15) is 31.4 Å². The van der Waals surface area contributed by atoms with Crippen LogP contribution in [0.2, 0.25) is 0 Å². The van der Waals surface area contributed by atoms with Crippen LogP contribution < -0.4 is 9.47 Å². The Morgan fingerprint density at radius 2 is 2.05 bits per heavy atom.